The number of nitrogens with one attached hydrogen (secondary N) is 2. The van der Waals surface area contributed by atoms with E-state index in [4.69, 9.17) is 17.0 Å². The number of benzene rings is 2. The minimum Gasteiger partial charge on any atom is -0.489 e. The molecule has 2 aromatic carbocycles. The molecule has 0 aliphatic carbocycles. The lowest BCUT2D eigenvalue weighted by Crippen LogP contribution is -2.31. The summed E-state index contributed by atoms with van der Waals surface area (Å²) in [4.78, 5) is 0. The molecule has 0 bridgehead atoms. The van der Waals surface area contributed by atoms with Crippen molar-refractivity contribution in [3.8, 4) is 5.75 Å². The highest BCUT2D eigenvalue weighted by Gasteiger charge is 2.01. The highest BCUT2D eigenvalue weighted by atomic mass is 32.1. The first-order valence-electron chi connectivity index (χ1n) is 7.33. The van der Waals surface area contributed by atoms with E-state index >= 15 is 0 Å². The highest BCUT2D eigenvalue weighted by molar-refractivity contribution is 7.80. The largest absolute Gasteiger partial charge is 0.489 e. The molecule has 0 saturated heterocycles. The molecule has 0 fully saturated rings. The monoisotopic (exact) mass is 343 g/mol. The Morgan fingerprint density at radius 3 is 2.67 bits per heavy atom. The molecule has 0 unspecified atom stereocenters. The molecule has 0 aliphatic heterocycles. The number of hydrazone groups is 1. The maximum atomic E-state index is 13.5. The van der Waals surface area contributed by atoms with Crippen molar-refractivity contribution in [3.05, 3.63) is 78.1 Å². The van der Waals surface area contributed by atoms with Crippen LogP contribution in [0, 0.1) is 5.82 Å². The smallest absolute Gasteiger partial charge is 0.187 e. The van der Waals surface area contributed by atoms with Crippen LogP contribution in [0.25, 0.3) is 0 Å². The van der Waals surface area contributed by atoms with E-state index in [2.05, 4.69) is 22.4 Å². The summed E-state index contributed by atoms with van der Waals surface area (Å²) in [7, 11) is 0. The van der Waals surface area contributed by atoms with E-state index < -0.39 is 0 Å². The van der Waals surface area contributed by atoms with Crippen LogP contribution in [-0.4, -0.2) is 17.9 Å². The summed E-state index contributed by atoms with van der Waals surface area (Å²) in [6.45, 7) is 4.35. The van der Waals surface area contributed by atoms with E-state index in [1.165, 1.54) is 6.07 Å². The van der Waals surface area contributed by atoms with Crippen molar-refractivity contribution in [2.24, 2.45) is 5.10 Å². The summed E-state index contributed by atoms with van der Waals surface area (Å²) in [5.41, 5.74) is 4.11. The van der Waals surface area contributed by atoms with E-state index in [-0.39, 0.29) is 12.4 Å². The van der Waals surface area contributed by atoms with Gasteiger partial charge in [0.25, 0.3) is 0 Å². The lowest BCUT2D eigenvalue weighted by molar-refractivity contribution is 0.300. The molecule has 4 nitrogen and oxygen atoms in total. The number of hydrogen-bond acceptors (Lipinski definition) is 3. The molecule has 0 aliphatic rings. The number of halogens is 1. The summed E-state index contributed by atoms with van der Waals surface area (Å²) in [6, 6.07) is 13.9. The second-order valence-electron chi connectivity index (χ2n) is 4.82. The lowest BCUT2D eigenvalue weighted by Gasteiger charge is -2.07. The molecule has 6 heteroatoms. The van der Waals surface area contributed by atoms with Crippen LogP contribution in [0.5, 0.6) is 5.75 Å². The van der Waals surface area contributed by atoms with Gasteiger partial charge in [0.1, 0.15) is 18.2 Å². The molecule has 0 saturated carbocycles. The van der Waals surface area contributed by atoms with Gasteiger partial charge in [0, 0.05) is 12.1 Å². The molecule has 0 atom stereocenters. The van der Waals surface area contributed by atoms with E-state index in [0.717, 1.165) is 5.56 Å². The predicted molar refractivity (Wildman–Crippen MR) is 98.7 cm³/mol. The van der Waals surface area contributed by atoms with E-state index in [9.17, 15) is 4.39 Å². The first-order valence-corrected chi connectivity index (χ1v) is 7.74. The molecule has 0 aromatic heterocycles. The van der Waals surface area contributed by atoms with Gasteiger partial charge in [-0.15, -0.1) is 6.58 Å². The molecule has 0 amide bonds. The van der Waals surface area contributed by atoms with E-state index in [1.54, 1.807) is 42.6 Å². The van der Waals surface area contributed by atoms with Gasteiger partial charge in [-0.2, -0.15) is 5.10 Å². The first kappa shape index (κ1) is 17.6. The number of hydrogen-bond donors (Lipinski definition) is 2. The van der Waals surface area contributed by atoms with Gasteiger partial charge in [0.15, 0.2) is 5.11 Å². The zero-order valence-electron chi connectivity index (χ0n) is 13.0. The topological polar surface area (TPSA) is 45.7 Å². The van der Waals surface area contributed by atoms with E-state index in [0.29, 0.717) is 23.0 Å². The van der Waals surface area contributed by atoms with Gasteiger partial charge in [-0.3, -0.25) is 5.43 Å². The molecule has 2 aromatic rings. The fourth-order valence-corrected chi connectivity index (χ4v) is 1.93. The summed E-state index contributed by atoms with van der Waals surface area (Å²) in [6.07, 6.45) is 3.35. The minimum absolute atomic E-state index is 0.185. The average molecular weight is 343 g/mol. The Morgan fingerprint density at radius 2 is 1.96 bits per heavy atom. The Hall–Kier alpha value is -2.73. The van der Waals surface area contributed by atoms with Crippen LogP contribution in [0.2, 0.25) is 0 Å². The molecule has 0 heterocycles. The van der Waals surface area contributed by atoms with Crippen molar-refractivity contribution in [2.45, 2.75) is 6.61 Å². The van der Waals surface area contributed by atoms with Crippen LogP contribution in [0.3, 0.4) is 0 Å². The SMILES string of the molecule is C=CCNC(=S)N/N=C\c1ccc(OCc2ccccc2F)cc1. The maximum absolute atomic E-state index is 13.5. The van der Waals surface area contributed by atoms with Gasteiger partial charge in [-0.1, -0.05) is 24.3 Å². The molecular formula is C18H18FN3OS. The van der Waals surface area contributed by atoms with Gasteiger partial charge in [0.05, 0.1) is 6.21 Å². The van der Waals surface area contributed by atoms with Crippen LogP contribution in [0.15, 0.2) is 66.3 Å². The van der Waals surface area contributed by atoms with Crippen molar-refractivity contribution in [1.29, 1.82) is 0 Å². The third kappa shape index (κ3) is 5.81. The summed E-state index contributed by atoms with van der Waals surface area (Å²) in [5.74, 6) is 0.389. The lowest BCUT2D eigenvalue weighted by atomic mass is 10.2. The van der Waals surface area contributed by atoms with Gasteiger partial charge in [0.2, 0.25) is 0 Å². The van der Waals surface area contributed by atoms with Crippen LogP contribution in [0.1, 0.15) is 11.1 Å². The fourth-order valence-electron chi connectivity index (χ4n) is 1.80. The number of nitrogens with zero attached hydrogens (tertiary/aromatic N) is 1. The zero-order chi connectivity index (χ0) is 17.2. The standard InChI is InChI=1S/C18H18FN3OS/c1-2-11-20-18(24)22-21-12-14-7-9-16(10-8-14)23-13-15-5-3-4-6-17(15)19/h2-10,12H,1,11,13H2,(H2,20,22,24)/b21-12-. The van der Waals surface area contributed by atoms with E-state index in [1.807, 2.05) is 12.1 Å². The Bertz CT molecular complexity index is 716. The summed E-state index contributed by atoms with van der Waals surface area (Å²) < 4.78 is 19.1. The van der Waals surface area contributed by atoms with Crippen LogP contribution in [-0.2, 0) is 6.61 Å². The average Bonchev–Trinajstić information content (AvgIpc) is 2.60. The number of ether oxygens (including phenoxy) is 1. The summed E-state index contributed by atoms with van der Waals surface area (Å²) >= 11 is 5.01. The molecule has 2 rings (SSSR count). The van der Waals surface area contributed by atoms with Crippen molar-refractivity contribution in [3.63, 3.8) is 0 Å². The summed E-state index contributed by atoms with van der Waals surface area (Å²) in [5, 5.41) is 7.36. The predicted octanol–water partition coefficient (Wildman–Crippen LogP) is 3.39. The third-order valence-corrected chi connectivity index (χ3v) is 3.25. The normalized spacial score (nSPS) is 10.4. The second-order valence-corrected chi connectivity index (χ2v) is 5.23. The Balaban J connectivity index is 1.83. The fraction of sp³-hybridized carbons (Fsp3) is 0.111. The van der Waals surface area contributed by atoms with Crippen LogP contribution >= 0.6 is 12.2 Å². The van der Waals surface area contributed by atoms with Gasteiger partial charge in [-0.25, -0.2) is 4.39 Å². The molecule has 24 heavy (non-hydrogen) atoms. The van der Waals surface area contributed by atoms with Crippen molar-refractivity contribution >= 4 is 23.5 Å². The number of thiocarbonyl (C=S) groups is 1. The minimum atomic E-state index is -0.270. The maximum Gasteiger partial charge on any atom is 0.187 e. The van der Waals surface area contributed by atoms with Crippen LogP contribution < -0.4 is 15.5 Å². The Labute approximate surface area is 146 Å². The molecular weight excluding hydrogens is 325 g/mol. The molecule has 0 radical (unpaired) electrons. The first-order chi connectivity index (χ1) is 11.7. The molecule has 0 spiro atoms. The van der Waals surface area contributed by atoms with Crippen molar-refractivity contribution in [1.82, 2.24) is 10.7 Å². The Morgan fingerprint density at radius 1 is 1.21 bits per heavy atom. The quantitative estimate of drug-likeness (QED) is 0.350. The molecule has 2 N–H and O–H groups in total. The van der Waals surface area contributed by atoms with Crippen LogP contribution in [0.4, 0.5) is 4.39 Å². The third-order valence-electron chi connectivity index (χ3n) is 3.02. The highest BCUT2D eigenvalue weighted by Crippen LogP contribution is 2.15. The van der Waals surface area contributed by atoms with Gasteiger partial charge in [-0.05, 0) is 48.1 Å². The van der Waals surface area contributed by atoms with Crippen molar-refractivity contribution in [2.75, 3.05) is 6.54 Å². The van der Waals surface area contributed by atoms with Crippen molar-refractivity contribution < 1.29 is 9.13 Å². The number of rotatable bonds is 7. The second kappa shape index (κ2) is 9.42. The van der Waals surface area contributed by atoms with Gasteiger partial charge < -0.3 is 10.1 Å². The zero-order valence-corrected chi connectivity index (χ0v) is 13.9. The van der Waals surface area contributed by atoms with Gasteiger partial charge >= 0.3 is 0 Å². The molecule has 124 valence electrons. The Kier molecular flexibility index (Phi) is 6.91.